The van der Waals surface area contributed by atoms with Gasteiger partial charge in [0.1, 0.15) is 17.9 Å². The second-order valence-corrected chi connectivity index (χ2v) is 5.16. The predicted octanol–water partition coefficient (Wildman–Crippen LogP) is 2.15. The van der Waals surface area contributed by atoms with E-state index in [1.807, 2.05) is 0 Å². The molecule has 6 heteroatoms. The van der Waals surface area contributed by atoms with E-state index >= 15 is 0 Å². The molecule has 1 rings (SSSR count). The minimum Gasteiger partial charge on any atom is -0.497 e. The largest absolute Gasteiger partial charge is 0.497 e. The van der Waals surface area contributed by atoms with Crippen molar-refractivity contribution in [3.05, 3.63) is 23.8 Å². The third-order valence-electron chi connectivity index (χ3n) is 2.28. The van der Waals surface area contributed by atoms with Crippen LogP contribution in [0.2, 0.25) is 0 Å². The summed E-state index contributed by atoms with van der Waals surface area (Å²) in [5.41, 5.74) is -0.00694. The van der Waals surface area contributed by atoms with Crippen molar-refractivity contribution in [2.45, 2.75) is 26.4 Å². The van der Waals surface area contributed by atoms with Crippen LogP contribution in [-0.2, 0) is 9.53 Å². The van der Waals surface area contributed by atoms with Crippen LogP contribution in [0.25, 0.3) is 0 Å². The van der Waals surface area contributed by atoms with E-state index in [1.165, 1.54) is 13.2 Å². The highest BCUT2D eigenvalue weighted by Crippen LogP contribution is 2.24. The van der Waals surface area contributed by atoms with Gasteiger partial charge < -0.3 is 19.9 Å². The second kappa shape index (κ2) is 6.27. The van der Waals surface area contributed by atoms with Crippen LogP contribution in [-0.4, -0.2) is 36.3 Å². The van der Waals surface area contributed by atoms with Gasteiger partial charge in [0.15, 0.2) is 0 Å². The fourth-order valence-electron chi connectivity index (χ4n) is 1.48. The number of methoxy groups -OCH3 is 1. The fraction of sp³-hybridized carbons (Fsp3) is 0.429. The van der Waals surface area contributed by atoms with Crippen LogP contribution in [0.1, 0.15) is 31.1 Å². The Bertz CT molecular complexity index is 505. The number of anilines is 1. The summed E-state index contributed by atoms with van der Waals surface area (Å²) in [5.74, 6) is -1.06. The van der Waals surface area contributed by atoms with Gasteiger partial charge in [-0.05, 0) is 39.0 Å². The number of rotatable bonds is 5. The van der Waals surface area contributed by atoms with Crippen molar-refractivity contribution in [3.63, 3.8) is 0 Å². The lowest BCUT2D eigenvalue weighted by Crippen LogP contribution is -2.25. The van der Waals surface area contributed by atoms with Gasteiger partial charge in [-0.1, -0.05) is 0 Å². The summed E-state index contributed by atoms with van der Waals surface area (Å²) in [7, 11) is 1.48. The Morgan fingerprint density at radius 1 is 1.30 bits per heavy atom. The Hall–Kier alpha value is -2.24. The predicted molar refractivity (Wildman–Crippen MR) is 74.3 cm³/mol. The molecule has 0 aliphatic heterocycles. The van der Waals surface area contributed by atoms with Gasteiger partial charge in [-0.25, -0.2) is 4.79 Å². The molecule has 0 aromatic heterocycles. The minimum absolute atomic E-state index is 0.237. The Balaban J connectivity index is 3.05. The van der Waals surface area contributed by atoms with Crippen LogP contribution in [0.15, 0.2) is 18.2 Å². The third-order valence-corrected chi connectivity index (χ3v) is 2.28. The number of carboxylic acids is 1. The van der Waals surface area contributed by atoms with Gasteiger partial charge in [0, 0.05) is 5.69 Å². The molecular formula is C14H19NO5. The highest BCUT2D eigenvalue weighted by atomic mass is 16.6. The molecule has 110 valence electrons. The van der Waals surface area contributed by atoms with E-state index < -0.39 is 17.5 Å². The number of carbonyl (C=O) groups excluding carboxylic acids is 1. The monoisotopic (exact) mass is 281 g/mol. The summed E-state index contributed by atoms with van der Waals surface area (Å²) in [6.45, 7) is 4.99. The number of ether oxygens (including phenoxy) is 2. The van der Waals surface area contributed by atoms with Gasteiger partial charge in [0.05, 0.1) is 12.7 Å². The molecule has 0 bridgehead atoms. The van der Waals surface area contributed by atoms with Crippen LogP contribution >= 0.6 is 0 Å². The summed E-state index contributed by atoms with van der Waals surface area (Å²) in [6.07, 6.45) is 0. The van der Waals surface area contributed by atoms with Crippen LogP contribution < -0.4 is 10.1 Å². The molecule has 0 aliphatic carbocycles. The number of carbonyl (C=O) groups is 2. The maximum atomic E-state index is 12.1. The van der Waals surface area contributed by atoms with Crippen molar-refractivity contribution < 1.29 is 24.2 Å². The molecular weight excluding hydrogens is 262 g/mol. The normalized spacial score (nSPS) is 10.8. The molecule has 0 heterocycles. The first-order valence-electron chi connectivity index (χ1n) is 6.10. The van der Waals surface area contributed by atoms with Crippen molar-refractivity contribution in [3.8, 4) is 5.75 Å². The number of nitrogens with one attached hydrogen (secondary N) is 1. The molecule has 6 nitrogen and oxygen atoms in total. The van der Waals surface area contributed by atoms with E-state index in [0.717, 1.165) is 0 Å². The van der Waals surface area contributed by atoms with Gasteiger partial charge in [-0.15, -0.1) is 0 Å². The molecule has 20 heavy (non-hydrogen) atoms. The van der Waals surface area contributed by atoms with Crippen molar-refractivity contribution in [2.24, 2.45) is 0 Å². The highest BCUT2D eigenvalue weighted by molar-refractivity contribution is 5.96. The molecule has 0 spiro atoms. The Kier molecular flexibility index (Phi) is 4.96. The average molecular weight is 281 g/mol. The summed E-state index contributed by atoms with van der Waals surface area (Å²) >= 11 is 0. The van der Waals surface area contributed by atoms with Crippen molar-refractivity contribution in [1.82, 2.24) is 0 Å². The van der Waals surface area contributed by atoms with Gasteiger partial charge >= 0.3 is 11.9 Å². The first kappa shape index (κ1) is 15.8. The number of benzene rings is 1. The summed E-state index contributed by atoms with van der Waals surface area (Å²) in [5, 5.41) is 11.4. The van der Waals surface area contributed by atoms with Crippen LogP contribution in [0.3, 0.4) is 0 Å². The molecule has 0 amide bonds. The summed E-state index contributed by atoms with van der Waals surface area (Å²) in [4.78, 5) is 22.7. The molecule has 0 saturated carbocycles. The zero-order chi connectivity index (χ0) is 15.3. The number of hydrogen-bond acceptors (Lipinski definition) is 5. The molecule has 0 fully saturated rings. The van der Waals surface area contributed by atoms with E-state index in [0.29, 0.717) is 11.4 Å². The quantitative estimate of drug-likeness (QED) is 0.804. The fourth-order valence-corrected chi connectivity index (χ4v) is 1.48. The van der Waals surface area contributed by atoms with Crippen LogP contribution in [0.4, 0.5) is 5.69 Å². The number of carboxylic acid groups (broad SMARTS) is 1. The number of hydrogen-bond donors (Lipinski definition) is 2. The number of esters is 1. The second-order valence-electron chi connectivity index (χ2n) is 5.16. The van der Waals surface area contributed by atoms with Gasteiger partial charge in [-0.2, -0.15) is 0 Å². The van der Waals surface area contributed by atoms with E-state index in [9.17, 15) is 9.59 Å². The van der Waals surface area contributed by atoms with Crippen molar-refractivity contribution in [2.75, 3.05) is 19.0 Å². The van der Waals surface area contributed by atoms with Gasteiger partial charge in [0.2, 0.25) is 0 Å². The standard InChI is InChI=1S/C14H19NO5/c1-14(2,3)20-13(18)10-7-9(19-4)5-6-11(10)15-8-12(16)17/h5-7,15H,8H2,1-4H3,(H,16,17). The van der Waals surface area contributed by atoms with Gasteiger partial charge in [0.25, 0.3) is 0 Å². The molecule has 1 aromatic rings. The molecule has 2 N–H and O–H groups in total. The molecule has 0 unspecified atom stereocenters. The minimum atomic E-state index is -1.02. The smallest absolute Gasteiger partial charge is 0.340 e. The van der Waals surface area contributed by atoms with Crippen molar-refractivity contribution in [1.29, 1.82) is 0 Å². The molecule has 0 atom stereocenters. The van der Waals surface area contributed by atoms with E-state index in [4.69, 9.17) is 14.6 Å². The Morgan fingerprint density at radius 2 is 1.95 bits per heavy atom. The van der Waals surface area contributed by atoms with Crippen LogP contribution in [0, 0.1) is 0 Å². The Morgan fingerprint density at radius 3 is 2.45 bits per heavy atom. The topological polar surface area (TPSA) is 84.9 Å². The molecule has 0 aliphatic rings. The molecule has 0 radical (unpaired) electrons. The zero-order valence-electron chi connectivity index (χ0n) is 12.0. The lowest BCUT2D eigenvalue weighted by molar-refractivity contribution is -0.134. The summed E-state index contributed by atoms with van der Waals surface area (Å²) in [6, 6.07) is 4.73. The van der Waals surface area contributed by atoms with Crippen LogP contribution in [0.5, 0.6) is 5.75 Å². The highest BCUT2D eigenvalue weighted by Gasteiger charge is 2.21. The summed E-state index contributed by atoms with van der Waals surface area (Å²) < 4.78 is 10.4. The molecule has 0 saturated heterocycles. The lowest BCUT2D eigenvalue weighted by atomic mass is 10.1. The third kappa shape index (κ3) is 4.79. The maximum absolute atomic E-state index is 12.1. The molecule has 1 aromatic carbocycles. The first-order chi connectivity index (χ1) is 9.23. The van der Waals surface area contributed by atoms with E-state index in [2.05, 4.69) is 5.32 Å². The van der Waals surface area contributed by atoms with E-state index in [-0.39, 0.29) is 12.1 Å². The maximum Gasteiger partial charge on any atom is 0.340 e. The first-order valence-corrected chi connectivity index (χ1v) is 6.10. The number of aliphatic carboxylic acids is 1. The van der Waals surface area contributed by atoms with E-state index in [1.54, 1.807) is 32.9 Å². The zero-order valence-corrected chi connectivity index (χ0v) is 12.0. The Labute approximate surface area is 117 Å². The lowest BCUT2D eigenvalue weighted by Gasteiger charge is -2.21. The SMILES string of the molecule is COc1ccc(NCC(=O)O)c(C(=O)OC(C)(C)C)c1. The average Bonchev–Trinajstić information content (AvgIpc) is 2.34. The van der Waals surface area contributed by atoms with Crippen molar-refractivity contribution >= 4 is 17.6 Å². The van der Waals surface area contributed by atoms with Gasteiger partial charge in [-0.3, -0.25) is 4.79 Å².